The molecule has 148 valence electrons. The molecule has 0 aliphatic rings. The second-order valence-corrected chi connectivity index (χ2v) is 8.25. The van der Waals surface area contributed by atoms with Crippen LogP contribution in [0, 0.1) is 0 Å². The summed E-state index contributed by atoms with van der Waals surface area (Å²) in [6.45, 7) is -0.492. The van der Waals surface area contributed by atoms with E-state index in [2.05, 4.69) is 0 Å². The summed E-state index contributed by atoms with van der Waals surface area (Å²) in [5.41, 5.74) is 0. The van der Waals surface area contributed by atoms with Gasteiger partial charge in [0.2, 0.25) is 25.6 Å². The van der Waals surface area contributed by atoms with Crippen molar-refractivity contribution in [1.29, 1.82) is 0 Å². The number of carbonyl (C=O) groups is 6. The number of ketones is 2. The Kier molecular flexibility index (Phi) is 10.2. The van der Waals surface area contributed by atoms with Gasteiger partial charge in [-0.3, -0.25) is 38.6 Å². The summed E-state index contributed by atoms with van der Waals surface area (Å²) in [6, 6.07) is 6.30. The number of hydrogen-bond acceptors (Lipinski definition) is 8. The van der Waals surface area contributed by atoms with Gasteiger partial charge in [0.05, 0.1) is 31.5 Å². The van der Waals surface area contributed by atoms with Crippen molar-refractivity contribution in [3.63, 3.8) is 0 Å². The van der Waals surface area contributed by atoms with Gasteiger partial charge in [-0.15, -0.1) is 22.7 Å². The minimum atomic E-state index is -0.305. The third-order valence-corrected chi connectivity index (χ3v) is 5.43. The average molecular weight is 463 g/mol. The van der Waals surface area contributed by atoms with Crippen molar-refractivity contribution in [2.45, 2.75) is 0 Å². The molecule has 0 fully saturated rings. The lowest BCUT2D eigenvalue weighted by Crippen LogP contribution is -2.26. The van der Waals surface area contributed by atoms with Crippen LogP contribution in [0.15, 0.2) is 24.3 Å². The molecule has 4 amide bonds. The number of halogens is 2. The lowest BCUT2D eigenvalue weighted by Gasteiger charge is -2.05. The summed E-state index contributed by atoms with van der Waals surface area (Å²) in [6.07, 6.45) is 1.22. The van der Waals surface area contributed by atoms with Gasteiger partial charge in [0.25, 0.3) is 0 Å². The van der Waals surface area contributed by atoms with Crippen LogP contribution < -0.4 is 0 Å². The first-order chi connectivity index (χ1) is 13.3. The quantitative estimate of drug-likeness (QED) is 0.396. The monoisotopic (exact) mass is 462 g/mol. The lowest BCUT2D eigenvalue weighted by atomic mass is 10.3. The molecule has 0 radical (unpaired) electrons. The molecule has 8 nitrogen and oxygen atoms in total. The van der Waals surface area contributed by atoms with Crippen LogP contribution >= 0.6 is 45.9 Å². The Morgan fingerprint density at radius 2 is 1.04 bits per heavy atom. The van der Waals surface area contributed by atoms with Crippen LogP contribution in [0.3, 0.4) is 0 Å². The number of amides is 4. The molecule has 0 aliphatic carbocycles. The fraction of sp³-hybridized carbons (Fsp3) is 0.125. The molecule has 2 rings (SSSR count). The highest BCUT2D eigenvalue weighted by Gasteiger charge is 2.13. The number of carbonyl (C=O) groups excluding carboxylic acids is 6. The van der Waals surface area contributed by atoms with Crippen LogP contribution in [-0.2, 0) is 19.2 Å². The predicted octanol–water partition coefficient (Wildman–Crippen LogP) is 2.40. The van der Waals surface area contributed by atoms with Crippen LogP contribution in [-0.4, -0.2) is 60.1 Å². The average Bonchev–Trinajstić information content (AvgIpc) is 3.32. The predicted molar refractivity (Wildman–Crippen MR) is 105 cm³/mol. The summed E-state index contributed by atoms with van der Waals surface area (Å²) in [5.74, 6) is -0.609. The molecular weight excluding hydrogens is 451 g/mol. The van der Waals surface area contributed by atoms with E-state index in [0.717, 1.165) is 32.5 Å². The van der Waals surface area contributed by atoms with Crippen molar-refractivity contribution in [1.82, 2.24) is 9.80 Å². The molecule has 12 heteroatoms. The van der Waals surface area contributed by atoms with E-state index in [4.69, 9.17) is 23.2 Å². The summed E-state index contributed by atoms with van der Waals surface area (Å²) in [7, 11) is 0. The maximum absolute atomic E-state index is 11.4. The fourth-order valence-corrected chi connectivity index (χ4v) is 3.56. The van der Waals surface area contributed by atoms with E-state index in [-0.39, 0.29) is 24.7 Å². The van der Waals surface area contributed by atoms with Crippen LogP contribution in [0.2, 0.25) is 8.67 Å². The Balaban J connectivity index is 0.000000280. The molecule has 28 heavy (non-hydrogen) atoms. The SMILES string of the molecule is O=CN(C=O)CC(=O)c1ccc(Cl)s1.O=CN(C=O)CC(=O)c1ccc(Cl)s1. The number of thiophene rings is 2. The van der Waals surface area contributed by atoms with Gasteiger partial charge in [0.1, 0.15) is 0 Å². The second kappa shape index (κ2) is 12.1. The van der Waals surface area contributed by atoms with Crippen molar-refractivity contribution in [3.05, 3.63) is 42.7 Å². The first-order valence-electron chi connectivity index (χ1n) is 7.24. The summed E-state index contributed by atoms with van der Waals surface area (Å²) < 4.78 is 0.995. The molecule has 0 spiro atoms. The Hall–Kier alpha value is -2.40. The van der Waals surface area contributed by atoms with E-state index in [0.29, 0.717) is 44.1 Å². The van der Waals surface area contributed by atoms with Crippen LogP contribution in [0.4, 0.5) is 0 Å². The number of hydrogen-bond donors (Lipinski definition) is 0. The van der Waals surface area contributed by atoms with Crippen LogP contribution in [0.25, 0.3) is 0 Å². The third-order valence-electron chi connectivity index (χ3n) is 2.89. The number of imide groups is 2. The number of nitrogens with zero attached hydrogens (tertiary/aromatic N) is 2. The second-order valence-electron chi connectivity index (χ2n) is 4.82. The number of Topliss-reactive ketones (excluding diaryl/α,β-unsaturated/α-hetero) is 2. The Bertz CT molecular complexity index is 781. The Labute approximate surface area is 177 Å². The van der Waals surface area contributed by atoms with E-state index in [1.807, 2.05) is 0 Å². The minimum Gasteiger partial charge on any atom is -0.291 e. The van der Waals surface area contributed by atoms with E-state index in [1.54, 1.807) is 24.3 Å². The Morgan fingerprint density at radius 1 is 0.714 bits per heavy atom. The van der Waals surface area contributed by atoms with E-state index < -0.39 is 0 Å². The third kappa shape index (κ3) is 7.69. The smallest absolute Gasteiger partial charge is 0.216 e. The first kappa shape index (κ1) is 23.6. The summed E-state index contributed by atoms with van der Waals surface area (Å²) in [5, 5.41) is 0. The summed E-state index contributed by atoms with van der Waals surface area (Å²) in [4.78, 5) is 66.0. The van der Waals surface area contributed by atoms with Gasteiger partial charge in [-0.1, -0.05) is 23.2 Å². The van der Waals surface area contributed by atoms with Gasteiger partial charge in [-0.25, -0.2) is 0 Å². The first-order valence-corrected chi connectivity index (χ1v) is 9.63. The highest BCUT2D eigenvalue weighted by molar-refractivity contribution is 7.18. The molecule has 0 saturated carbocycles. The lowest BCUT2D eigenvalue weighted by molar-refractivity contribution is -0.130. The van der Waals surface area contributed by atoms with E-state index in [9.17, 15) is 28.8 Å². The molecular formula is C16H12Cl2N2O6S2. The molecule has 0 aromatic carbocycles. The van der Waals surface area contributed by atoms with Crippen molar-refractivity contribution < 1.29 is 28.8 Å². The molecule has 0 atom stereocenters. The molecule has 2 heterocycles. The van der Waals surface area contributed by atoms with Gasteiger partial charge in [-0.05, 0) is 24.3 Å². The zero-order valence-corrected chi connectivity index (χ0v) is 17.1. The zero-order valence-electron chi connectivity index (χ0n) is 13.9. The molecule has 0 bridgehead atoms. The highest BCUT2D eigenvalue weighted by atomic mass is 35.5. The Morgan fingerprint density at radius 3 is 1.25 bits per heavy atom. The maximum atomic E-state index is 11.4. The minimum absolute atomic E-state index is 0.246. The fourth-order valence-electron chi connectivity index (χ4n) is 1.61. The molecule has 0 N–H and O–H groups in total. The normalized spacial score (nSPS) is 9.50. The molecule has 0 unspecified atom stereocenters. The van der Waals surface area contributed by atoms with Gasteiger partial charge < -0.3 is 0 Å². The van der Waals surface area contributed by atoms with Gasteiger partial charge >= 0.3 is 0 Å². The summed E-state index contributed by atoms with van der Waals surface area (Å²) >= 11 is 13.5. The van der Waals surface area contributed by atoms with E-state index >= 15 is 0 Å². The standard InChI is InChI=1S/2C8H6ClNO3S/c2*9-8-2-1-7(14-8)6(13)3-10(4-11)5-12/h2*1-2,4-5H,3H2. The van der Waals surface area contributed by atoms with Crippen LogP contribution in [0.1, 0.15) is 19.3 Å². The highest BCUT2D eigenvalue weighted by Crippen LogP contribution is 2.22. The zero-order chi connectivity index (χ0) is 21.1. The topological polar surface area (TPSA) is 109 Å². The van der Waals surface area contributed by atoms with Crippen LogP contribution in [0.5, 0.6) is 0 Å². The largest absolute Gasteiger partial charge is 0.291 e. The van der Waals surface area contributed by atoms with Gasteiger partial charge in [0.15, 0.2) is 11.6 Å². The molecule has 2 aromatic rings. The van der Waals surface area contributed by atoms with E-state index in [1.165, 1.54) is 0 Å². The molecule has 0 saturated heterocycles. The van der Waals surface area contributed by atoms with Crippen molar-refractivity contribution in [3.8, 4) is 0 Å². The molecule has 0 aliphatic heterocycles. The molecule has 2 aromatic heterocycles. The maximum Gasteiger partial charge on any atom is 0.216 e. The van der Waals surface area contributed by atoms with Crippen molar-refractivity contribution in [2.24, 2.45) is 0 Å². The van der Waals surface area contributed by atoms with Crippen molar-refractivity contribution in [2.75, 3.05) is 13.1 Å². The van der Waals surface area contributed by atoms with Gasteiger partial charge in [-0.2, -0.15) is 0 Å². The van der Waals surface area contributed by atoms with Gasteiger partial charge in [0, 0.05) is 0 Å². The van der Waals surface area contributed by atoms with Crippen molar-refractivity contribution >= 4 is 83.1 Å². The number of rotatable bonds is 10.